The molecule has 8 heteroatoms. The molecule has 150 valence electrons. The number of carbonyl (C=O) groups excluding carboxylic acids is 2. The molecule has 0 radical (unpaired) electrons. The third-order valence-electron chi connectivity index (χ3n) is 4.96. The van der Waals surface area contributed by atoms with E-state index in [-0.39, 0.29) is 18.2 Å². The minimum Gasteiger partial charge on any atom is -0.451 e. The first-order valence-electron chi connectivity index (χ1n) is 9.40. The maximum absolute atomic E-state index is 12.4. The zero-order valence-corrected chi connectivity index (χ0v) is 16.8. The summed E-state index contributed by atoms with van der Waals surface area (Å²) in [6.07, 6.45) is 3.43. The number of anilines is 1. The number of pyridine rings is 1. The van der Waals surface area contributed by atoms with Crippen molar-refractivity contribution in [3.05, 3.63) is 65.1 Å². The van der Waals surface area contributed by atoms with E-state index in [1.54, 1.807) is 15.5 Å². The molecule has 3 heterocycles. The number of aryl methyl sites for hydroxylation is 1. The molecule has 1 saturated heterocycles. The Labute approximate surface area is 173 Å². The van der Waals surface area contributed by atoms with Crippen LogP contribution >= 0.6 is 11.6 Å². The Morgan fingerprint density at radius 2 is 1.93 bits per heavy atom. The molecule has 0 atom stereocenters. The maximum atomic E-state index is 12.4. The van der Waals surface area contributed by atoms with Crippen LogP contribution in [-0.4, -0.2) is 58.9 Å². The molecule has 0 spiro atoms. The lowest BCUT2D eigenvalue weighted by molar-refractivity contribution is -0.134. The molecule has 4 rings (SSSR count). The van der Waals surface area contributed by atoms with Crippen molar-refractivity contribution >= 4 is 34.8 Å². The van der Waals surface area contributed by atoms with E-state index in [9.17, 15) is 9.59 Å². The molecule has 0 bridgehead atoms. The van der Waals surface area contributed by atoms with E-state index in [4.69, 9.17) is 16.3 Å². The van der Waals surface area contributed by atoms with Crippen molar-refractivity contribution in [2.75, 3.05) is 37.7 Å². The van der Waals surface area contributed by atoms with Gasteiger partial charge in [-0.1, -0.05) is 17.7 Å². The van der Waals surface area contributed by atoms with E-state index in [2.05, 4.69) is 9.88 Å². The lowest BCUT2D eigenvalue weighted by Crippen LogP contribution is -2.49. The van der Waals surface area contributed by atoms with Crippen LogP contribution < -0.4 is 4.90 Å². The number of piperazine rings is 1. The van der Waals surface area contributed by atoms with Gasteiger partial charge in [0.1, 0.15) is 5.65 Å². The maximum Gasteiger partial charge on any atom is 0.359 e. The number of amides is 1. The van der Waals surface area contributed by atoms with E-state index in [0.717, 1.165) is 11.3 Å². The number of rotatable bonds is 4. The summed E-state index contributed by atoms with van der Waals surface area (Å²) >= 11 is 6.05. The highest BCUT2D eigenvalue weighted by Gasteiger charge is 2.23. The van der Waals surface area contributed by atoms with Gasteiger partial charge in [0.15, 0.2) is 12.3 Å². The van der Waals surface area contributed by atoms with Gasteiger partial charge < -0.3 is 18.9 Å². The van der Waals surface area contributed by atoms with Gasteiger partial charge in [-0.3, -0.25) is 4.79 Å². The number of halogens is 1. The van der Waals surface area contributed by atoms with Crippen LogP contribution in [0.3, 0.4) is 0 Å². The first-order valence-corrected chi connectivity index (χ1v) is 9.78. The molecule has 0 unspecified atom stereocenters. The molecule has 0 N–H and O–H groups in total. The van der Waals surface area contributed by atoms with E-state index in [1.165, 1.54) is 0 Å². The van der Waals surface area contributed by atoms with Crippen molar-refractivity contribution in [3.63, 3.8) is 0 Å². The molecule has 1 aromatic carbocycles. The first kappa shape index (κ1) is 19.3. The molecule has 0 aliphatic carbocycles. The molecule has 3 aromatic rings. The van der Waals surface area contributed by atoms with Crippen molar-refractivity contribution in [1.29, 1.82) is 0 Å². The van der Waals surface area contributed by atoms with Crippen molar-refractivity contribution in [2.24, 2.45) is 0 Å². The largest absolute Gasteiger partial charge is 0.451 e. The fraction of sp³-hybridized carbons (Fsp3) is 0.286. The van der Waals surface area contributed by atoms with Crippen LogP contribution in [-0.2, 0) is 9.53 Å². The van der Waals surface area contributed by atoms with Gasteiger partial charge >= 0.3 is 5.97 Å². The second-order valence-corrected chi connectivity index (χ2v) is 7.46. The van der Waals surface area contributed by atoms with Crippen molar-refractivity contribution in [2.45, 2.75) is 6.92 Å². The van der Waals surface area contributed by atoms with Gasteiger partial charge in [0.25, 0.3) is 5.91 Å². The van der Waals surface area contributed by atoms with E-state index in [1.807, 2.05) is 49.5 Å². The number of fused-ring (bicyclic) bond motifs is 1. The fourth-order valence-electron chi connectivity index (χ4n) is 3.36. The van der Waals surface area contributed by atoms with Gasteiger partial charge in [0, 0.05) is 49.3 Å². The fourth-order valence-corrected chi connectivity index (χ4v) is 3.55. The zero-order chi connectivity index (χ0) is 20.4. The molecule has 1 amide bonds. The molecule has 0 saturated carbocycles. The van der Waals surface area contributed by atoms with Crippen LogP contribution in [0, 0.1) is 6.92 Å². The number of carbonyl (C=O) groups is 2. The summed E-state index contributed by atoms with van der Waals surface area (Å²) < 4.78 is 6.94. The third-order valence-corrected chi connectivity index (χ3v) is 5.19. The van der Waals surface area contributed by atoms with Crippen LogP contribution in [0.5, 0.6) is 0 Å². The Hall–Kier alpha value is -3.06. The number of hydrogen-bond donors (Lipinski definition) is 0. The summed E-state index contributed by atoms with van der Waals surface area (Å²) in [5, 5.41) is 0.690. The second kappa shape index (κ2) is 8.13. The standard InChI is InChI=1S/C21H21ClN4O3/c1-15-5-6-26-13-18(23-19(26)11-15)21(28)29-14-20(27)25-9-7-24(8-10-25)17-4-2-3-16(22)12-17/h2-6,11-13H,7-10,14H2,1H3. The lowest BCUT2D eigenvalue weighted by Gasteiger charge is -2.36. The third kappa shape index (κ3) is 4.35. The average molecular weight is 413 g/mol. The summed E-state index contributed by atoms with van der Waals surface area (Å²) in [5.74, 6) is -0.805. The summed E-state index contributed by atoms with van der Waals surface area (Å²) in [7, 11) is 0. The summed E-state index contributed by atoms with van der Waals surface area (Å²) in [6.45, 7) is 4.20. The molecular weight excluding hydrogens is 392 g/mol. The van der Waals surface area contributed by atoms with E-state index in [0.29, 0.717) is 36.8 Å². The molecule has 7 nitrogen and oxygen atoms in total. The smallest absolute Gasteiger partial charge is 0.359 e. The number of imidazole rings is 1. The van der Waals surface area contributed by atoms with Gasteiger partial charge in [-0.05, 0) is 42.8 Å². The number of esters is 1. The minimum atomic E-state index is -0.600. The number of aromatic nitrogens is 2. The first-order chi connectivity index (χ1) is 14.0. The highest BCUT2D eigenvalue weighted by atomic mass is 35.5. The zero-order valence-electron chi connectivity index (χ0n) is 16.0. The minimum absolute atomic E-state index is 0.189. The molecule has 1 fully saturated rings. The van der Waals surface area contributed by atoms with Gasteiger partial charge in [0.05, 0.1) is 0 Å². The number of benzene rings is 1. The number of nitrogens with zero attached hydrogens (tertiary/aromatic N) is 4. The van der Waals surface area contributed by atoms with Crippen LogP contribution in [0.1, 0.15) is 16.1 Å². The highest BCUT2D eigenvalue weighted by Crippen LogP contribution is 2.20. The molecule has 1 aliphatic rings. The van der Waals surface area contributed by atoms with Gasteiger partial charge in [-0.15, -0.1) is 0 Å². The van der Waals surface area contributed by atoms with E-state index < -0.39 is 5.97 Å². The van der Waals surface area contributed by atoms with Crippen LogP contribution in [0.25, 0.3) is 5.65 Å². The molecule has 29 heavy (non-hydrogen) atoms. The Morgan fingerprint density at radius 1 is 1.14 bits per heavy atom. The number of hydrogen-bond acceptors (Lipinski definition) is 5. The quantitative estimate of drug-likeness (QED) is 0.616. The van der Waals surface area contributed by atoms with Crippen LogP contribution in [0.4, 0.5) is 5.69 Å². The Morgan fingerprint density at radius 3 is 2.69 bits per heavy atom. The Bertz CT molecular complexity index is 1060. The van der Waals surface area contributed by atoms with Crippen molar-refractivity contribution in [1.82, 2.24) is 14.3 Å². The number of ether oxygens (including phenoxy) is 1. The predicted molar refractivity (Wildman–Crippen MR) is 110 cm³/mol. The lowest BCUT2D eigenvalue weighted by atomic mass is 10.2. The normalized spacial score (nSPS) is 14.3. The van der Waals surface area contributed by atoms with Crippen LogP contribution in [0.15, 0.2) is 48.8 Å². The van der Waals surface area contributed by atoms with Crippen molar-refractivity contribution in [3.8, 4) is 0 Å². The van der Waals surface area contributed by atoms with Crippen molar-refractivity contribution < 1.29 is 14.3 Å². The molecule has 1 aliphatic heterocycles. The molecular formula is C21H21ClN4O3. The SMILES string of the molecule is Cc1ccn2cc(C(=O)OCC(=O)N3CCN(c4cccc(Cl)c4)CC3)nc2c1. The van der Waals surface area contributed by atoms with E-state index >= 15 is 0 Å². The summed E-state index contributed by atoms with van der Waals surface area (Å²) in [4.78, 5) is 32.8. The second-order valence-electron chi connectivity index (χ2n) is 7.02. The average Bonchev–Trinajstić information content (AvgIpc) is 3.15. The predicted octanol–water partition coefficient (Wildman–Crippen LogP) is 2.80. The summed E-state index contributed by atoms with van der Waals surface area (Å²) in [5.41, 5.74) is 2.95. The Kier molecular flexibility index (Phi) is 5.40. The van der Waals surface area contributed by atoms with Gasteiger partial charge in [-0.25, -0.2) is 9.78 Å². The van der Waals surface area contributed by atoms with Crippen LogP contribution in [0.2, 0.25) is 5.02 Å². The Balaban J connectivity index is 1.30. The topological polar surface area (TPSA) is 67.2 Å². The summed E-state index contributed by atoms with van der Waals surface area (Å²) in [6, 6.07) is 11.5. The monoisotopic (exact) mass is 412 g/mol. The van der Waals surface area contributed by atoms with Gasteiger partial charge in [-0.2, -0.15) is 0 Å². The van der Waals surface area contributed by atoms with Gasteiger partial charge in [0.2, 0.25) is 0 Å². The molecule has 2 aromatic heterocycles. The highest BCUT2D eigenvalue weighted by molar-refractivity contribution is 6.30.